The van der Waals surface area contributed by atoms with E-state index in [1.165, 1.54) is 11.1 Å². The number of fused-ring (bicyclic) bond motifs is 1. The Morgan fingerprint density at radius 1 is 1.29 bits per heavy atom. The van der Waals surface area contributed by atoms with Gasteiger partial charge in [0.2, 0.25) is 5.91 Å². The number of hydrogen-bond acceptors (Lipinski definition) is 3. The molecular formula is C13H16N2O2. The van der Waals surface area contributed by atoms with Crippen molar-refractivity contribution in [3.8, 4) is 0 Å². The minimum absolute atomic E-state index is 0.116. The van der Waals surface area contributed by atoms with Crippen molar-refractivity contribution in [3.05, 3.63) is 35.4 Å². The van der Waals surface area contributed by atoms with Gasteiger partial charge in [-0.25, -0.2) is 0 Å². The van der Waals surface area contributed by atoms with Gasteiger partial charge in [0.15, 0.2) is 0 Å². The Morgan fingerprint density at radius 2 is 2.00 bits per heavy atom. The fourth-order valence-corrected chi connectivity index (χ4v) is 2.48. The van der Waals surface area contributed by atoms with Crippen molar-refractivity contribution in [1.29, 1.82) is 0 Å². The van der Waals surface area contributed by atoms with Gasteiger partial charge in [0.1, 0.15) is 0 Å². The van der Waals surface area contributed by atoms with Crippen molar-refractivity contribution in [2.45, 2.75) is 25.1 Å². The first kappa shape index (κ1) is 10.7. The van der Waals surface area contributed by atoms with E-state index in [1.807, 2.05) is 12.1 Å². The second-order valence-electron chi connectivity index (χ2n) is 4.80. The lowest BCUT2D eigenvalue weighted by atomic mass is 9.94. The summed E-state index contributed by atoms with van der Waals surface area (Å²) in [5, 5.41) is 12.5. The molecule has 17 heavy (non-hydrogen) atoms. The molecule has 0 aliphatic carbocycles. The van der Waals surface area contributed by atoms with Crippen LogP contribution in [0.2, 0.25) is 0 Å². The lowest BCUT2D eigenvalue weighted by molar-refractivity contribution is -0.143. The maximum absolute atomic E-state index is 12.1. The van der Waals surface area contributed by atoms with Crippen LogP contribution in [0.4, 0.5) is 0 Å². The molecule has 1 saturated heterocycles. The minimum Gasteiger partial charge on any atom is -0.389 e. The number of carbonyl (C=O) groups is 1. The molecule has 2 aliphatic heterocycles. The summed E-state index contributed by atoms with van der Waals surface area (Å²) in [6, 6.07) is 8.09. The van der Waals surface area contributed by atoms with Gasteiger partial charge in [-0.2, -0.15) is 0 Å². The van der Waals surface area contributed by atoms with Gasteiger partial charge in [-0.15, -0.1) is 0 Å². The molecule has 1 aromatic carbocycles. The molecule has 1 aromatic rings. The van der Waals surface area contributed by atoms with Crippen molar-refractivity contribution in [2.75, 3.05) is 13.1 Å². The summed E-state index contributed by atoms with van der Waals surface area (Å²) < 4.78 is 0. The molecule has 1 fully saturated rings. The number of likely N-dealkylation sites (tertiary alicyclic amines) is 1. The van der Waals surface area contributed by atoms with E-state index in [1.54, 1.807) is 4.90 Å². The SMILES string of the molecule is O=C([C@@H]1Cc2ccccc2CN1)N1CC(O)C1. The molecule has 2 heterocycles. The van der Waals surface area contributed by atoms with E-state index in [4.69, 9.17) is 0 Å². The van der Waals surface area contributed by atoms with Gasteiger partial charge < -0.3 is 15.3 Å². The van der Waals surface area contributed by atoms with E-state index in [9.17, 15) is 9.90 Å². The van der Waals surface area contributed by atoms with E-state index in [0.29, 0.717) is 13.1 Å². The molecular weight excluding hydrogens is 216 g/mol. The Labute approximate surface area is 100 Å². The number of hydrogen-bond donors (Lipinski definition) is 2. The normalized spacial score (nSPS) is 24.1. The summed E-state index contributed by atoms with van der Waals surface area (Å²) in [7, 11) is 0. The maximum atomic E-state index is 12.1. The zero-order valence-electron chi connectivity index (χ0n) is 9.60. The Bertz CT molecular complexity index is 441. The van der Waals surface area contributed by atoms with Crippen LogP contribution in [0.1, 0.15) is 11.1 Å². The highest BCUT2D eigenvalue weighted by molar-refractivity contribution is 5.83. The van der Waals surface area contributed by atoms with E-state index >= 15 is 0 Å². The zero-order valence-corrected chi connectivity index (χ0v) is 9.60. The quantitative estimate of drug-likeness (QED) is 0.711. The Hall–Kier alpha value is -1.39. The van der Waals surface area contributed by atoms with E-state index in [2.05, 4.69) is 17.4 Å². The third-order valence-electron chi connectivity index (χ3n) is 3.55. The van der Waals surface area contributed by atoms with Crippen molar-refractivity contribution in [3.63, 3.8) is 0 Å². The summed E-state index contributed by atoms with van der Waals surface area (Å²) in [6.07, 6.45) is 0.427. The van der Waals surface area contributed by atoms with Gasteiger partial charge in [0.05, 0.1) is 12.1 Å². The number of carbonyl (C=O) groups excluding carboxylic acids is 1. The first-order valence-corrected chi connectivity index (χ1v) is 6.01. The third kappa shape index (κ3) is 1.94. The van der Waals surface area contributed by atoms with Crippen LogP contribution in [-0.2, 0) is 17.8 Å². The van der Waals surface area contributed by atoms with Crippen LogP contribution < -0.4 is 5.32 Å². The standard InChI is InChI=1S/C13H16N2O2/c16-11-7-15(8-11)13(17)12-5-9-3-1-2-4-10(9)6-14-12/h1-4,11-12,14,16H,5-8H2/t12-/m0/s1. The van der Waals surface area contributed by atoms with E-state index < -0.39 is 0 Å². The van der Waals surface area contributed by atoms with Crippen molar-refractivity contribution < 1.29 is 9.90 Å². The first-order valence-electron chi connectivity index (χ1n) is 6.01. The van der Waals surface area contributed by atoms with Crippen LogP contribution in [-0.4, -0.2) is 41.1 Å². The molecule has 4 nitrogen and oxygen atoms in total. The molecule has 0 aromatic heterocycles. The molecule has 3 rings (SSSR count). The lowest BCUT2D eigenvalue weighted by Crippen LogP contribution is -2.59. The Kier molecular flexibility index (Phi) is 2.61. The molecule has 90 valence electrons. The number of amides is 1. The summed E-state index contributed by atoms with van der Waals surface area (Å²) in [6.45, 7) is 1.72. The molecule has 4 heteroatoms. The number of nitrogens with zero attached hydrogens (tertiary/aromatic N) is 1. The third-order valence-corrected chi connectivity index (χ3v) is 3.55. The number of benzene rings is 1. The molecule has 0 saturated carbocycles. The van der Waals surface area contributed by atoms with Crippen molar-refractivity contribution >= 4 is 5.91 Å². The van der Waals surface area contributed by atoms with Gasteiger partial charge in [0, 0.05) is 19.6 Å². The Balaban J connectivity index is 1.69. The van der Waals surface area contributed by atoms with Gasteiger partial charge in [-0.3, -0.25) is 4.79 Å². The number of aliphatic hydroxyl groups excluding tert-OH is 1. The zero-order chi connectivity index (χ0) is 11.8. The molecule has 2 aliphatic rings. The van der Waals surface area contributed by atoms with Gasteiger partial charge in [0.25, 0.3) is 0 Å². The predicted octanol–water partition coefficient (Wildman–Crippen LogP) is -0.0960. The topological polar surface area (TPSA) is 52.6 Å². The van der Waals surface area contributed by atoms with Crippen molar-refractivity contribution in [2.24, 2.45) is 0 Å². The fraction of sp³-hybridized carbons (Fsp3) is 0.462. The highest BCUT2D eigenvalue weighted by atomic mass is 16.3. The first-order chi connectivity index (χ1) is 8.24. The molecule has 0 bridgehead atoms. The Morgan fingerprint density at radius 3 is 2.71 bits per heavy atom. The van der Waals surface area contributed by atoms with Gasteiger partial charge in [-0.1, -0.05) is 24.3 Å². The molecule has 1 atom stereocenters. The number of β-amino-alcohol motifs (C(OH)–C–C–N with tert-alkyl or cyclic N) is 1. The predicted molar refractivity (Wildman–Crippen MR) is 63.4 cm³/mol. The second kappa shape index (κ2) is 4.13. The molecule has 0 radical (unpaired) electrons. The highest BCUT2D eigenvalue weighted by Crippen LogP contribution is 2.19. The number of aliphatic hydroxyl groups is 1. The minimum atomic E-state index is -0.324. The van der Waals surface area contributed by atoms with Crippen molar-refractivity contribution in [1.82, 2.24) is 10.2 Å². The summed E-state index contributed by atoms with van der Waals surface area (Å²) in [5.74, 6) is 0.116. The number of rotatable bonds is 1. The van der Waals surface area contributed by atoms with Crippen LogP contribution in [0, 0.1) is 0 Å². The van der Waals surface area contributed by atoms with Crippen LogP contribution >= 0.6 is 0 Å². The second-order valence-corrected chi connectivity index (χ2v) is 4.80. The van der Waals surface area contributed by atoms with Crippen LogP contribution in [0.15, 0.2) is 24.3 Å². The maximum Gasteiger partial charge on any atom is 0.240 e. The highest BCUT2D eigenvalue weighted by Gasteiger charge is 2.34. The number of nitrogens with one attached hydrogen (secondary N) is 1. The lowest BCUT2D eigenvalue weighted by Gasteiger charge is -2.39. The van der Waals surface area contributed by atoms with E-state index in [0.717, 1.165) is 13.0 Å². The van der Waals surface area contributed by atoms with E-state index in [-0.39, 0.29) is 18.1 Å². The molecule has 2 N–H and O–H groups in total. The monoisotopic (exact) mass is 232 g/mol. The van der Waals surface area contributed by atoms with Gasteiger partial charge in [-0.05, 0) is 17.5 Å². The average molecular weight is 232 g/mol. The fourth-order valence-electron chi connectivity index (χ4n) is 2.48. The summed E-state index contributed by atoms with van der Waals surface area (Å²) >= 11 is 0. The average Bonchev–Trinajstić information content (AvgIpc) is 2.33. The molecule has 1 amide bonds. The largest absolute Gasteiger partial charge is 0.389 e. The summed E-state index contributed by atoms with van der Waals surface area (Å²) in [5.41, 5.74) is 2.53. The molecule has 0 spiro atoms. The summed E-state index contributed by atoms with van der Waals surface area (Å²) in [4.78, 5) is 13.8. The van der Waals surface area contributed by atoms with Crippen LogP contribution in [0.25, 0.3) is 0 Å². The molecule has 0 unspecified atom stereocenters. The van der Waals surface area contributed by atoms with Crippen LogP contribution in [0.5, 0.6) is 0 Å². The smallest absolute Gasteiger partial charge is 0.240 e. The van der Waals surface area contributed by atoms with Gasteiger partial charge >= 0.3 is 0 Å². The van der Waals surface area contributed by atoms with Crippen LogP contribution in [0.3, 0.4) is 0 Å².